The molecule has 0 saturated carbocycles. The third kappa shape index (κ3) is 7.63. The Labute approximate surface area is 185 Å². The number of benzene rings is 1. The lowest BCUT2D eigenvalue weighted by Crippen LogP contribution is -2.38. The van der Waals surface area contributed by atoms with Gasteiger partial charge in [0.1, 0.15) is 0 Å². The van der Waals surface area contributed by atoms with Crippen molar-refractivity contribution in [3.8, 4) is 0 Å². The van der Waals surface area contributed by atoms with Crippen LogP contribution < -0.4 is 10.6 Å². The summed E-state index contributed by atoms with van der Waals surface area (Å²) in [6.07, 6.45) is 1.66. The summed E-state index contributed by atoms with van der Waals surface area (Å²) >= 11 is 0. The van der Waals surface area contributed by atoms with E-state index in [4.69, 9.17) is 14.3 Å². The normalized spacial score (nSPS) is 15.4. The second-order valence-electron chi connectivity index (χ2n) is 8.08. The molecule has 1 aliphatic rings. The first kappa shape index (κ1) is 23.2. The molecule has 1 aromatic heterocycles. The van der Waals surface area contributed by atoms with Crippen molar-refractivity contribution in [2.24, 2.45) is 4.99 Å². The van der Waals surface area contributed by atoms with E-state index in [1.54, 1.807) is 0 Å². The minimum Gasteiger partial charge on any atom is -0.379 e. The zero-order valence-corrected chi connectivity index (χ0v) is 19.1. The summed E-state index contributed by atoms with van der Waals surface area (Å²) in [6, 6.07) is 8.57. The molecule has 2 N–H and O–H groups in total. The van der Waals surface area contributed by atoms with Gasteiger partial charge in [0.25, 0.3) is 0 Å². The maximum absolute atomic E-state index is 5.47. The van der Waals surface area contributed by atoms with Gasteiger partial charge in [-0.25, -0.2) is 4.99 Å². The third-order valence-electron chi connectivity index (χ3n) is 5.23. The molecule has 1 aromatic carbocycles. The fourth-order valence-electron chi connectivity index (χ4n) is 3.42. The lowest BCUT2D eigenvalue weighted by molar-refractivity contribution is 0.0341. The van der Waals surface area contributed by atoms with Crippen molar-refractivity contribution in [2.45, 2.75) is 52.6 Å². The highest BCUT2D eigenvalue weighted by atomic mass is 16.5. The van der Waals surface area contributed by atoms with Gasteiger partial charge in [-0.05, 0) is 24.5 Å². The molecule has 8 heteroatoms. The fraction of sp³-hybridized carbons (Fsp3) is 0.609. The van der Waals surface area contributed by atoms with Gasteiger partial charge in [-0.3, -0.25) is 4.90 Å². The predicted octanol–water partition coefficient (Wildman–Crippen LogP) is 2.71. The van der Waals surface area contributed by atoms with Crippen LogP contribution in [0.25, 0.3) is 0 Å². The molecule has 0 aliphatic carbocycles. The van der Waals surface area contributed by atoms with Crippen LogP contribution in [0.1, 0.15) is 56.0 Å². The molecular weight excluding hydrogens is 392 g/mol. The highest BCUT2D eigenvalue weighted by Gasteiger charge is 2.13. The second-order valence-corrected chi connectivity index (χ2v) is 8.08. The molecule has 1 saturated heterocycles. The van der Waals surface area contributed by atoms with Crippen molar-refractivity contribution in [3.63, 3.8) is 0 Å². The first-order valence-electron chi connectivity index (χ1n) is 11.4. The molecule has 0 bridgehead atoms. The Morgan fingerprint density at radius 1 is 1.16 bits per heavy atom. The van der Waals surface area contributed by atoms with Gasteiger partial charge in [0.05, 0.1) is 19.8 Å². The molecule has 0 radical (unpaired) electrons. The molecule has 2 aromatic rings. The number of aryl methyl sites for hydroxylation is 1. The summed E-state index contributed by atoms with van der Waals surface area (Å²) in [4.78, 5) is 11.7. The SMILES string of the molecule is CCNC(=NCc1ccccc1CN1CCOCC1)NCCCc1nc(C(C)C)no1. The predicted molar refractivity (Wildman–Crippen MR) is 122 cm³/mol. The molecule has 2 heterocycles. The molecule has 8 nitrogen and oxygen atoms in total. The Kier molecular flexibility index (Phi) is 9.30. The number of aromatic nitrogens is 2. The molecule has 0 unspecified atom stereocenters. The largest absolute Gasteiger partial charge is 0.379 e. The fourth-order valence-corrected chi connectivity index (χ4v) is 3.42. The maximum atomic E-state index is 5.47. The number of nitrogens with zero attached hydrogens (tertiary/aromatic N) is 4. The van der Waals surface area contributed by atoms with E-state index < -0.39 is 0 Å². The molecule has 3 rings (SSSR count). The monoisotopic (exact) mass is 428 g/mol. The lowest BCUT2D eigenvalue weighted by atomic mass is 10.1. The van der Waals surface area contributed by atoms with Crippen molar-refractivity contribution in [1.82, 2.24) is 25.7 Å². The topological polar surface area (TPSA) is 87.8 Å². The molecule has 31 heavy (non-hydrogen) atoms. The Morgan fingerprint density at radius 2 is 1.94 bits per heavy atom. The second kappa shape index (κ2) is 12.4. The van der Waals surface area contributed by atoms with E-state index in [0.717, 1.165) is 70.6 Å². The van der Waals surface area contributed by atoms with Crippen LogP contribution >= 0.6 is 0 Å². The third-order valence-corrected chi connectivity index (χ3v) is 5.23. The minimum atomic E-state index is 0.286. The van der Waals surface area contributed by atoms with E-state index in [1.165, 1.54) is 11.1 Å². The number of guanidine groups is 1. The summed E-state index contributed by atoms with van der Waals surface area (Å²) in [5.74, 6) is 2.59. The van der Waals surface area contributed by atoms with Crippen molar-refractivity contribution in [2.75, 3.05) is 39.4 Å². The average Bonchev–Trinajstić information content (AvgIpc) is 3.26. The molecular formula is C23H36N6O2. The average molecular weight is 429 g/mol. The van der Waals surface area contributed by atoms with Crippen molar-refractivity contribution >= 4 is 5.96 Å². The number of nitrogens with one attached hydrogen (secondary N) is 2. The summed E-state index contributed by atoms with van der Waals surface area (Å²) < 4.78 is 10.8. The first-order chi connectivity index (χ1) is 15.2. The highest BCUT2D eigenvalue weighted by molar-refractivity contribution is 5.79. The number of hydrogen-bond donors (Lipinski definition) is 2. The lowest BCUT2D eigenvalue weighted by Gasteiger charge is -2.27. The summed E-state index contributed by atoms with van der Waals surface area (Å²) in [5, 5.41) is 10.8. The van der Waals surface area contributed by atoms with Crippen LogP contribution in [-0.4, -0.2) is 60.4 Å². The van der Waals surface area contributed by atoms with Gasteiger partial charge in [0.15, 0.2) is 11.8 Å². The van der Waals surface area contributed by atoms with E-state index >= 15 is 0 Å². The molecule has 0 spiro atoms. The van der Waals surface area contributed by atoms with Gasteiger partial charge >= 0.3 is 0 Å². The molecule has 170 valence electrons. The highest BCUT2D eigenvalue weighted by Crippen LogP contribution is 2.14. The standard InChI is InChI=1S/C23H36N6O2/c1-4-24-23(25-11-7-10-21-27-22(18(2)3)28-31-21)26-16-19-8-5-6-9-20(19)17-29-12-14-30-15-13-29/h5-6,8-9,18H,4,7,10-17H2,1-3H3,(H2,24,25,26). The first-order valence-corrected chi connectivity index (χ1v) is 11.4. The Balaban J connectivity index is 1.50. The smallest absolute Gasteiger partial charge is 0.226 e. The van der Waals surface area contributed by atoms with E-state index in [9.17, 15) is 0 Å². The van der Waals surface area contributed by atoms with Crippen LogP contribution in [0, 0.1) is 0 Å². The van der Waals surface area contributed by atoms with Crippen molar-refractivity contribution < 1.29 is 9.26 Å². The van der Waals surface area contributed by atoms with E-state index in [1.807, 2.05) is 0 Å². The Morgan fingerprint density at radius 3 is 2.65 bits per heavy atom. The molecule has 0 amide bonds. The van der Waals surface area contributed by atoms with Gasteiger partial charge in [-0.15, -0.1) is 0 Å². The van der Waals surface area contributed by atoms with Gasteiger partial charge in [-0.1, -0.05) is 43.3 Å². The van der Waals surface area contributed by atoms with Crippen LogP contribution in [0.15, 0.2) is 33.8 Å². The van der Waals surface area contributed by atoms with Crippen LogP contribution in [0.3, 0.4) is 0 Å². The van der Waals surface area contributed by atoms with Crippen LogP contribution in [0.2, 0.25) is 0 Å². The molecule has 1 aliphatic heterocycles. The maximum Gasteiger partial charge on any atom is 0.226 e. The zero-order chi connectivity index (χ0) is 21.9. The Bertz CT molecular complexity index is 814. The summed E-state index contributed by atoms with van der Waals surface area (Å²) in [7, 11) is 0. The molecule has 0 atom stereocenters. The van der Waals surface area contributed by atoms with Gasteiger partial charge in [-0.2, -0.15) is 4.98 Å². The number of ether oxygens (including phenoxy) is 1. The van der Waals surface area contributed by atoms with Crippen LogP contribution in [0.5, 0.6) is 0 Å². The van der Waals surface area contributed by atoms with Gasteiger partial charge in [0.2, 0.25) is 5.89 Å². The zero-order valence-electron chi connectivity index (χ0n) is 19.1. The van der Waals surface area contributed by atoms with E-state index in [2.05, 4.69) is 70.7 Å². The summed E-state index contributed by atoms with van der Waals surface area (Å²) in [5.41, 5.74) is 2.60. The number of aliphatic imine (C=N–C) groups is 1. The van der Waals surface area contributed by atoms with E-state index in [0.29, 0.717) is 12.4 Å². The number of morpholine rings is 1. The summed E-state index contributed by atoms with van der Waals surface area (Å²) in [6.45, 7) is 13.0. The van der Waals surface area contributed by atoms with Gasteiger partial charge < -0.3 is 19.9 Å². The number of hydrogen-bond acceptors (Lipinski definition) is 6. The van der Waals surface area contributed by atoms with Crippen LogP contribution in [0.4, 0.5) is 0 Å². The van der Waals surface area contributed by atoms with E-state index in [-0.39, 0.29) is 5.92 Å². The molecule has 1 fully saturated rings. The minimum absolute atomic E-state index is 0.286. The number of rotatable bonds is 10. The van der Waals surface area contributed by atoms with Crippen LogP contribution in [-0.2, 0) is 24.2 Å². The van der Waals surface area contributed by atoms with Crippen molar-refractivity contribution in [1.29, 1.82) is 0 Å². The van der Waals surface area contributed by atoms with Crippen molar-refractivity contribution in [3.05, 3.63) is 47.1 Å². The Hall–Kier alpha value is -2.45. The quantitative estimate of drug-likeness (QED) is 0.342. The van der Waals surface area contributed by atoms with Gasteiger partial charge in [0, 0.05) is 45.1 Å².